The molecule has 1 heterocycles. The summed E-state index contributed by atoms with van der Waals surface area (Å²) < 4.78 is 40.6. The molecule has 0 saturated carbocycles. The van der Waals surface area contributed by atoms with Crippen molar-refractivity contribution < 1.29 is 23.1 Å². The molecule has 0 fully saturated rings. The maximum absolute atomic E-state index is 12.9. The van der Waals surface area contributed by atoms with E-state index in [1.165, 1.54) is 12.1 Å². The molecule has 2 aromatic carbocycles. The zero-order valence-corrected chi connectivity index (χ0v) is 14.7. The molecule has 4 rings (SSSR count). The van der Waals surface area contributed by atoms with Crippen molar-refractivity contribution >= 4 is 16.9 Å². The SMILES string of the molecule is Cc1ccc2c(c1)c1c(n2-c2ccc(C(F)(F)F)cc2)CCC(C(=O)O)C1. The third kappa shape index (κ3) is 2.99. The Hall–Kier alpha value is -2.76. The van der Waals surface area contributed by atoms with Gasteiger partial charge in [0.15, 0.2) is 0 Å². The van der Waals surface area contributed by atoms with Crippen LogP contribution in [0.25, 0.3) is 16.6 Å². The zero-order valence-electron chi connectivity index (χ0n) is 14.7. The molecular weight excluding hydrogens is 355 g/mol. The summed E-state index contributed by atoms with van der Waals surface area (Å²) in [6, 6.07) is 11.1. The second kappa shape index (κ2) is 6.15. The predicted octanol–water partition coefficient (Wildman–Crippen LogP) is 5.15. The van der Waals surface area contributed by atoms with E-state index >= 15 is 0 Å². The van der Waals surface area contributed by atoms with Crippen molar-refractivity contribution in [3.05, 3.63) is 64.8 Å². The molecule has 27 heavy (non-hydrogen) atoms. The summed E-state index contributed by atoms with van der Waals surface area (Å²) in [5, 5.41) is 10.4. The van der Waals surface area contributed by atoms with E-state index in [1.54, 1.807) is 0 Å². The average molecular weight is 373 g/mol. The highest BCUT2D eigenvalue weighted by molar-refractivity contribution is 5.89. The van der Waals surface area contributed by atoms with Crippen LogP contribution in [0.15, 0.2) is 42.5 Å². The minimum Gasteiger partial charge on any atom is -0.481 e. The first-order chi connectivity index (χ1) is 12.8. The zero-order chi connectivity index (χ0) is 19.3. The van der Waals surface area contributed by atoms with Gasteiger partial charge in [-0.2, -0.15) is 13.2 Å². The van der Waals surface area contributed by atoms with E-state index < -0.39 is 23.6 Å². The molecule has 3 nitrogen and oxygen atoms in total. The van der Waals surface area contributed by atoms with Crippen molar-refractivity contribution in [2.45, 2.75) is 32.4 Å². The Bertz CT molecular complexity index is 1030. The van der Waals surface area contributed by atoms with Crippen LogP contribution in [0.1, 0.15) is 28.8 Å². The maximum atomic E-state index is 12.9. The van der Waals surface area contributed by atoms with Gasteiger partial charge in [0.05, 0.1) is 17.0 Å². The van der Waals surface area contributed by atoms with E-state index in [0.29, 0.717) is 24.9 Å². The van der Waals surface area contributed by atoms with Crippen molar-refractivity contribution in [1.82, 2.24) is 4.57 Å². The first kappa shape index (κ1) is 17.6. The molecule has 0 aliphatic heterocycles. The highest BCUT2D eigenvalue weighted by atomic mass is 19.4. The maximum Gasteiger partial charge on any atom is 0.416 e. The molecule has 1 unspecified atom stereocenters. The molecular formula is C21H18F3NO2. The molecule has 140 valence electrons. The first-order valence-corrected chi connectivity index (χ1v) is 8.79. The van der Waals surface area contributed by atoms with Gasteiger partial charge in [-0.05, 0) is 68.1 Å². The monoisotopic (exact) mass is 373 g/mol. The lowest BCUT2D eigenvalue weighted by atomic mass is 9.86. The Kier molecular flexibility index (Phi) is 4.02. The van der Waals surface area contributed by atoms with Crippen molar-refractivity contribution in [3.8, 4) is 5.69 Å². The third-order valence-electron chi connectivity index (χ3n) is 5.32. The number of halogens is 3. The van der Waals surface area contributed by atoms with Gasteiger partial charge >= 0.3 is 12.1 Å². The number of aliphatic carboxylic acids is 1. The summed E-state index contributed by atoms with van der Waals surface area (Å²) in [5.41, 5.74) is 3.93. The summed E-state index contributed by atoms with van der Waals surface area (Å²) in [7, 11) is 0. The van der Waals surface area contributed by atoms with Gasteiger partial charge in [0.25, 0.3) is 0 Å². The topological polar surface area (TPSA) is 42.2 Å². The summed E-state index contributed by atoms with van der Waals surface area (Å²) in [6.07, 6.45) is -2.82. The molecule has 3 aromatic rings. The van der Waals surface area contributed by atoms with Gasteiger partial charge in [-0.25, -0.2) is 0 Å². The number of hydrogen-bond donors (Lipinski definition) is 1. The van der Waals surface area contributed by atoms with Gasteiger partial charge in [0, 0.05) is 16.8 Å². The number of aryl methyl sites for hydroxylation is 1. The minimum absolute atomic E-state index is 0.426. The third-order valence-corrected chi connectivity index (χ3v) is 5.32. The Labute approximate surface area is 154 Å². The Balaban J connectivity index is 1.90. The summed E-state index contributed by atoms with van der Waals surface area (Å²) in [5.74, 6) is -1.23. The number of nitrogens with zero attached hydrogens (tertiary/aromatic N) is 1. The van der Waals surface area contributed by atoms with Crippen LogP contribution in [0.3, 0.4) is 0 Å². The molecule has 0 bridgehead atoms. The molecule has 6 heteroatoms. The van der Waals surface area contributed by atoms with Crippen LogP contribution in [0.5, 0.6) is 0 Å². The van der Waals surface area contributed by atoms with Crippen molar-refractivity contribution in [1.29, 1.82) is 0 Å². The number of hydrogen-bond acceptors (Lipinski definition) is 1. The fourth-order valence-corrected chi connectivity index (χ4v) is 3.98. The minimum atomic E-state index is -4.37. The lowest BCUT2D eigenvalue weighted by molar-refractivity contribution is -0.142. The van der Waals surface area contributed by atoms with Gasteiger partial charge in [0.2, 0.25) is 0 Å². The normalized spacial score (nSPS) is 17.1. The number of carboxylic acids is 1. The Morgan fingerprint density at radius 3 is 2.48 bits per heavy atom. The number of carbonyl (C=O) groups is 1. The summed E-state index contributed by atoms with van der Waals surface area (Å²) in [6.45, 7) is 1.97. The van der Waals surface area contributed by atoms with Crippen molar-refractivity contribution in [2.75, 3.05) is 0 Å². The molecule has 1 aromatic heterocycles. The van der Waals surface area contributed by atoms with E-state index in [4.69, 9.17) is 0 Å². The molecule has 0 saturated heterocycles. The second-order valence-corrected chi connectivity index (χ2v) is 7.10. The lowest BCUT2D eigenvalue weighted by Crippen LogP contribution is -2.22. The van der Waals surface area contributed by atoms with Crippen LogP contribution in [0, 0.1) is 12.8 Å². The van der Waals surface area contributed by atoms with E-state index in [1.807, 2.05) is 29.7 Å². The molecule has 1 aliphatic rings. The smallest absolute Gasteiger partial charge is 0.416 e. The van der Waals surface area contributed by atoms with E-state index in [-0.39, 0.29) is 0 Å². The van der Waals surface area contributed by atoms with Crippen LogP contribution in [0.4, 0.5) is 13.2 Å². The van der Waals surface area contributed by atoms with E-state index in [9.17, 15) is 23.1 Å². The van der Waals surface area contributed by atoms with Crippen LogP contribution < -0.4 is 0 Å². The second-order valence-electron chi connectivity index (χ2n) is 7.10. The highest BCUT2D eigenvalue weighted by Crippen LogP contribution is 2.37. The lowest BCUT2D eigenvalue weighted by Gasteiger charge is -2.21. The number of alkyl halides is 3. The van der Waals surface area contributed by atoms with Gasteiger partial charge in [-0.1, -0.05) is 11.6 Å². The number of rotatable bonds is 2. The van der Waals surface area contributed by atoms with Gasteiger partial charge < -0.3 is 9.67 Å². The Morgan fingerprint density at radius 1 is 1.15 bits per heavy atom. The molecule has 1 aliphatic carbocycles. The molecule has 1 atom stereocenters. The molecule has 0 amide bonds. The molecule has 0 spiro atoms. The largest absolute Gasteiger partial charge is 0.481 e. The highest BCUT2D eigenvalue weighted by Gasteiger charge is 2.31. The summed E-state index contributed by atoms with van der Waals surface area (Å²) >= 11 is 0. The average Bonchev–Trinajstić information content (AvgIpc) is 2.94. The molecule has 0 radical (unpaired) electrons. The van der Waals surface area contributed by atoms with Gasteiger partial charge in [0.1, 0.15) is 0 Å². The van der Waals surface area contributed by atoms with Gasteiger partial charge in [-0.15, -0.1) is 0 Å². The van der Waals surface area contributed by atoms with Crippen LogP contribution >= 0.6 is 0 Å². The fourth-order valence-electron chi connectivity index (χ4n) is 3.98. The van der Waals surface area contributed by atoms with E-state index in [2.05, 4.69) is 0 Å². The molecule has 1 N–H and O–H groups in total. The van der Waals surface area contributed by atoms with Crippen LogP contribution in [0.2, 0.25) is 0 Å². The Morgan fingerprint density at radius 2 is 1.85 bits per heavy atom. The number of aromatic nitrogens is 1. The first-order valence-electron chi connectivity index (χ1n) is 8.79. The van der Waals surface area contributed by atoms with Crippen molar-refractivity contribution in [2.24, 2.45) is 5.92 Å². The summed E-state index contributed by atoms with van der Waals surface area (Å²) in [4.78, 5) is 11.5. The number of fused-ring (bicyclic) bond motifs is 3. The fraction of sp³-hybridized carbons (Fsp3) is 0.286. The van der Waals surface area contributed by atoms with Crippen molar-refractivity contribution in [3.63, 3.8) is 0 Å². The number of benzene rings is 2. The quantitative estimate of drug-likeness (QED) is 0.675. The van der Waals surface area contributed by atoms with Crippen LogP contribution in [-0.4, -0.2) is 15.6 Å². The standard InChI is InChI=1S/C21H18F3NO2/c1-12-2-8-18-16(10-12)17-11-13(20(26)27)3-9-19(17)25(18)15-6-4-14(5-7-15)21(22,23)24/h2,4-8,10,13H,3,9,11H2,1H3,(H,26,27). The number of carboxylic acid groups (broad SMARTS) is 1. The van der Waals surface area contributed by atoms with Crippen LogP contribution in [-0.2, 0) is 23.8 Å². The van der Waals surface area contributed by atoms with E-state index in [0.717, 1.165) is 39.9 Å². The van der Waals surface area contributed by atoms with Gasteiger partial charge in [-0.3, -0.25) is 4.79 Å². The predicted molar refractivity (Wildman–Crippen MR) is 96.2 cm³/mol.